The standard InChI is InChI=1S/C5H11N3O4/c6-5(7)8-2(4(11)12)1-3(9)10/h2,5,8H,1,6-7H2,(H,9,10)(H,11,12)/t2-/m0/s1. The Morgan fingerprint density at radius 2 is 1.83 bits per heavy atom. The van der Waals surface area contributed by atoms with Crippen molar-refractivity contribution in [2.45, 2.75) is 18.8 Å². The average molecular weight is 177 g/mol. The number of carboxylic acid groups (broad SMARTS) is 2. The molecule has 0 aliphatic heterocycles. The van der Waals surface area contributed by atoms with E-state index < -0.39 is 30.7 Å². The van der Waals surface area contributed by atoms with Gasteiger partial charge in [0.1, 0.15) is 12.3 Å². The lowest BCUT2D eigenvalue weighted by atomic mass is 10.2. The molecule has 0 spiro atoms. The zero-order valence-electron chi connectivity index (χ0n) is 6.23. The van der Waals surface area contributed by atoms with Gasteiger partial charge in [0.25, 0.3) is 0 Å². The van der Waals surface area contributed by atoms with E-state index in [1.165, 1.54) is 0 Å². The number of carboxylic acids is 2. The minimum Gasteiger partial charge on any atom is -0.481 e. The summed E-state index contributed by atoms with van der Waals surface area (Å²) < 4.78 is 0. The number of hydrogen-bond acceptors (Lipinski definition) is 5. The van der Waals surface area contributed by atoms with Crippen LogP contribution in [0.25, 0.3) is 0 Å². The van der Waals surface area contributed by atoms with Crippen LogP contribution in [0.4, 0.5) is 0 Å². The molecular weight excluding hydrogens is 166 g/mol. The smallest absolute Gasteiger partial charge is 0.321 e. The highest BCUT2D eigenvalue weighted by Crippen LogP contribution is 1.91. The fourth-order valence-corrected chi connectivity index (χ4v) is 0.624. The van der Waals surface area contributed by atoms with Gasteiger partial charge in [-0.1, -0.05) is 0 Å². The Hall–Kier alpha value is -1.18. The largest absolute Gasteiger partial charge is 0.481 e. The predicted molar refractivity (Wildman–Crippen MR) is 39.0 cm³/mol. The van der Waals surface area contributed by atoms with Crippen molar-refractivity contribution >= 4 is 11.9 Å². The first kappa shape index (κ1) is 10.8. The van der Waals surface area contributed by atoms with E-state index in [2.05, 4.69) is 5.32 Å². The maximum atomic E-state index is 10.3. The molecule has 70 valence electrons. The van der Waals surface area contributed by atoms with Gasteiger partial charge in [0, 0.05) is 0 Å². The van der Waals surface area contributed by atoms with Crippen molar-refractivity contribution in [1.29, 1.82) is 0 Å². The van der Waals surface area contributed by atoms with E-state index in [-0.39, 0.29) is 0 Å². The highest BCUT2D eigenvalue weighted by atomic mass is 16.4. The number of hydrogen-bond donors (Lipinski definition) is 5. The number of rotatable bonds is 5. The van der Waals surface area contributed by atoms with Crippen molar-refractivity contribution in [2.24, 2.45) is 11.5 Å². The fraction of sp³-hybridized carbons (Fsp3) is 0.600. The number of carbonyl (C=O) groups is 2. The Morgan fingerprint density at radius 1 is 1.33 bits per heavy atom. The summed E-state index contributed by atoms with van der Waals surface area (Å²) in [5.74, 6) is -2.52. The molecule has 0 radical (unpaired) electrons. The summed E-state index contributed by atoms with van der Waals surface area (Å²) in [5.41, 5.74) is 10.0. The lowest BCUT2D eigenvalue weighted by molar-refractivity contribution is -0.146. The van der Waals surface area contributed by atoms with Crippen molar-refractivity contribution < 1.29 is 19.8 Å². The molecule has 0 aromatic rings. The molecule has 7 heteroatoms. The van der Waals surface area contributed by atoms with E-state index in [1.54, 1.807) is 0 Å². The lowest BCUT2D eigenvalue weighted by Crippen LogP contribution is -2.53. The van der Waals surface area contributed by atoms with Crippen molar-refractivity contribution in [1.82, 2.24) is 5.32 Å². The van der Waals surface area contributed by atoms with Gasteiger partial charge < -0.3 is 21.7 Å². The molecule has 0 saturated heterocycles. The van der Waals surface area contributed by atoms with Crippen molar-refractivity contribution in [2.75, 3.05) is 0 Å². The first-order valence-corrected chi connectivity index (χ1v) is 3.15. The molecule has 0 saturated carbocycles. The van der Waals surface area contributed by atoms with Crippen LogP contribution in [0, 0.1) is 0 Å². The Labute approximate surface area is 68.3 Å². The van der Waals surface area contributed by atoms with Gasteiger partial charge in [-0.2, -0.15) is 0 Å². The van der Waals surface area contributed by atoms with Crippen LogP contribution < -0.4 is 16.8 Å². The van der Waals surface area contributed by atoms with Gasteiger partial charge in [-0.15, -0.1) is 0 Å². The van der Waals surface area contributed by atoms with Crippen molar-refractivity contribution in [3.63, 3.8) is 0 Å². The van der Waals surface area contributed by atoms with Gasteiger partial charge in [-0.05, 0) is 0 Å². The minimum absolute atomic E-state index is 0.555. The molecule has 0 aromatic heterocycles. The van der Waals surface area contributed by atoms with E-state index >= 15 is 0 Å². The molecule has 12 heavy (non-hydrogen) atoms. The first-order valence-electron chi connectivity index (χ1n) is 3.15. The van der Waals surface area contributed by atoms with Crippen LogP contribution in [0.2, 0.25) is 0 Å². The molecule has 0 aliphatic carbocycles. The highest BCUT2D eigenvalue weighted by molar-refractivity contribution is 5.80. The second-order valence-corrected chi connectivity index (χ2v) is 2.18. The molecule has 0 aliphatic rings. The summed E-state index contributed by atoms with van der Waals surface area (Å²) >= 11 is 0. The first-order chi connectivity index (χ1) is 5.43. The molecule has 0 bridgehead atoms. The van der Waals surface area contributed by atoms with Gasteiger partial charge in [-0.3, -0.25) is 14.9 Å². The van der Waals surface area contributed by atoms with Crippen molar-refractivity contribution in [3.05, 3.63) is 0 Å². The molecule has 0 amide bonds. The van der Waals surface area contributed by atoms with Crippen LogP contribution in [0.15, 0.2) is 0 Å². The molecule has 0 rings (SSSR count). The quantitative estimate of drug-likeness (QED) is 0.298. The lowest BCUT2D eigenvalue weighted by Gasteiger charge is -2.14. The summed E-state index contributed by atoms with van der Waals surface area (Å²) in [4.78, 5) is 20.4. The second-order valence-electron chi connectivity index (χ2n) is 2.18. The molecule has 0 heterocycles. The minimum atomic E-state index is -1.29. The summed E-state index contributed by atoms with van der Waals surface area (Å²) in [7, 11) is 0. The third-order valence-corrected chi connectivity index (χ3v) is 1.07. The fourth-order valence-electron chi connectivity index (χ4n) is 0.624. The van der Waals surface area contributed by atoms with Crippen LogP contribution in [-0.2, 0) is 9.59 Å². The van der Waals surface area contributed by atoms with Crippen LogP contribution in [-0.4, -0.2) is 34.5 Å². The van der Waals surface area contributed by atoms with Crippen LogP contribution >= 0.6 is 0 Å². The second kappa shape index (κ2) is 4.65. The van der Waals surface area contributed by atoms with Gasteiger partial charge in [0.05, 0.1) is 6.42 Å². The molecule has 7 N–H and O–H groups in total. The summed E-state index contributed by atoms with van der Waals surface area (Å²) in [6.45, 7) is 0. The van der Waals surface area contributed by atoms with Crippen LogP contribution in [0.3, 0.4) is 0 Å². The van der Waals surface area contributed by atoms with Crippen LogP contribution in [0.5, 0.6) is 0 Å². The highest BCUT2D eigenvalue weighted by Gasteiger charge is 2.21. The number of nitrogens with two attached hydrogens (primary N) is 2. The third-order valence-electron chi connectivity index (χ3n) is 1.07. The normalized spacial score (nSPS) is 12.9. The average Bonchev–Trinajstić information content (AvgIpc) is 1.83. The topological polar surface area (TPSA) is 139 Å². The summed E-state index contributed by atoms with van der Waals surface area (Å²) in [6.07, 6.45) is -1.59. The number of nitrogens with one attached hydrogen (secondary N) is 1. The third kappa shape index (κ3) is 4.61. The molecule has 0 aromatic carbocycles. The number of aliphatic carboxylic acids is 2. The molecular formula is C5H11N3O4. The van der Waals surface area contributed by atoms with Crippen molar-refractivity contribution in [3.8, 4) is 0 Å². The molecule has 7 nitrogen and oxygen atoms in total. The maximum absolute atomic E-state index is 10.3. The van der Waals surface area contributed by atoms with E-state index in [1.807, 2.05) is 0 Å². The SMILES string of the molecule is NC(N)N[C@@H](CC(=O)O)C(=O)O. The molecule has 0 fully saturated rings. The maximum Gasteiger partial charge on any atom is 0.321 e. The van der Waals surface area contributed by atoms with E-state index in [0.717, 1.165) is 0 Å². The van der Waals surface area contributed by atoms with E-state index in [0.29, 0.717) is 0 Å². The Morgan fingerprint density at radius 3 is 2.08 bits per heavy atom. The Balaban J connectivity index is 4.04. The van der Waals surface area contributed by atoms with E-state index in [9.17, 15) is 9.59 Å². The Bertz CT molecular complexity index is 182. The van der Waals surface area contributed by atoms with Gasteiger partial charge in [-0.25, -0.2) is 0 Å². The van der Waals surface area contributed by atoms with Gasteiger partial charge in [0.2, 0.25) is 0 Å². The zero-order chi connectivity index (χ0) is 9.72. The van der Waals surface area contributed by atoms with Gasteiger partial charge in [0.15, 0.2) is 0 Å². The summed E-state index contributed by atoms with van der Waals surface area (Å²) in [6, 6.07) is -1.25. The van der Waals surface area contributed by atoms with Gasteiger partial charge >= 0.3 is 11.9 Å². The predicted octanol–water partition coefficient (Wildman–Crippen LogP) is -2.30. The molecule has 1 atom stereocenters. The zero-order valence-corrected chi connectivity index (χ0v) is 6.23. The monoisotopic (exact) mass is 177 g/mol. The van der Waals surface area contributed by atoms with E-state index in [4.69, 9.17) is 21.7 Å². The molecule has 0 unspecified atom stereocenters. The summed E-state index contributed by atoms with van der Waals surface area (Å²) in [5, 5.41) is 18.9. The Kier molecular flexibility index (Phi) is 4.19. The van der Waals surface area contributed by atoms with Crippen LogP contribution in [0.1, 0.15) is 6.42 Å².